The molecule has 0 radical (unpaired) electrons. The van der Waals surface area contributed by atoms with Crippen LogP contribution in [0.15, 0.2) is 48.5 Å². The molecular formula is C20H28O2. The van der Waals surface area contributed by atoms with Gasteiger partial charge in [-0.15, -0.1) is 0 Å². The average Bonchev–Trinajstić information content (AvgIpc) is 2.41. The monoisotopic (exact) mass is 300 g/mol. The van der Waals surface area contributed by atoms with Crippen LogP contribution in [0.5, 0.6) is 11.5 Å². The van der Waals surface area contributed by atoms with Crippen molar-refractivity contribution >= 4 is 0 Å². The van der Waals surface area contributed by atoms with Crippen LogP contribution in [0.25, 0.3) is 0 Å². The second kappa shape index (κ2) is 9.14. The fourth-order valence-corrected chi connectivity index (χ4v) is 1.85. The highest BCUT2D eigenvalue weighted by molar-refractivity contribution is 5.27. The van der Waals surface area contributed by atoms with E-state index < -0.39 is 0 Å². The predicted octanol–water partition coefficient (Wildman–Crippen LogP) is 5.56. The number of hydrogen-bond donors (Lipinski definition) is 0. The van der Waals surface area contributed by atoms with Crippen LogP contribution in [0, 0.1) is 13.8 Å². The molecule has 0 aliphatic carbocycles. The first-order chi connectivity index (χ1) is 10.4. The van der Waals surface area contributed by atoms with Gasteiger partial charge in [-0.2, -0.15) is 0 Å². The van der Waals surface area contributed by atoms with Gasteiger partial charge in [0.15, 0.2) is 0 Å². The Kier molecular flexibility index (Phi) is 7.51. The Morgan fingerprint density at radius 1 is 0.636 bits per heavy atom. The fraction of sp³-hybridized carbons (Fsp3) is 0.400. The van der Waals surface area contributed by atoms with Gasteiger partial charge in [0.1, 0.15) is 11.5 Å². The lowest BCUT2D eigenvalue weighted by Gasteiger charge is -2.09. The van der Waals surface area contributed by atoms with Crippen molar-refractivity contribution in [1.82, 2.24) is 0 Å². The molecule has 0 unspecified atom stereocenters. The van der Waals surface area contributed by atoms with E-state index in [0.29, 0.717) is 0 Å². The zero-order valence-corrected chi connectivity index (χ0v) is 14.6. The molecule has 2 heteroatoms. The van der Waals surface area contributed by atoms with Crippen LogP contribution in [-0.4, -0.2) is 12.2 Å². The summed E-state index contributed by atoms with van der Waals surface area (Å²) >= 11 is 0. The Morgan fingerprint density at radius 3 is 1.68 bits per heavy atom. The number of rotatable bonds is 4. The lowest BCUT2D eigenvalue weighted by Crippen LogP contribution is -2.05. The Labute approximate surface area is 135 Å². The molecule has 2 aromatic carbocycles. The molecule has 2 rings (SSSR count). The van der Waals surface area contributed by atoms with E-state index in [1.54, 1.807) is 0 Å². The van der Waals surface area contributed by atoms with Gasteiger partial charge in [-0.3, -0.25) is 0 Å². The van der Waals surface area contributed by atoms with E-state index in [0.717, 1.165) is 11.5 Å². The van der Waals surface area contributed by atoms with E-state index in [2.05, 4.69) is 32.0 Å². The number of aryl methyl sites for hydroxylation is 2. The van der Waals surface area contributed by atoms with Gasteiger partial charge in [0.2, 0.25) is 0 Å². The Hall–Kier alpha value is -1.96. The maximum Gasteiger partial charge on any atom is 0.119 e. The van der Waals surface area contributed by atoms with Gasteiger partial charge in [0.25, 0.3) is 0 Å². The summed E-state index contributed by atoms with van der Waals surface area (Å²) in [5.41, 5.74) is 2.50. The molecule has 0 heterocycles. The van der Waals surface area contributed by atoms with Crippen LogP contribution in [0.1, 0.15) is 38.8 Å². The molecule has 0 saturated carbocycles. The molecule has 0 bridgehead atoms. The molecule has 0 atom stereocenters. The lowest BCUT2D eigenvalue weighted by molar-refractivity contribution is 0.242. The van der Waals surface area contributed by atoms with Gasteiger partial charge < -0.3 is 9.47 Å². The first-order valence-electron chi connectivity index (χ1n) is 7.83. The molecule has 120 valence electrons. The largest absolute Gasteiger partial charge is 0.491 e. The highest BCUT2D eigenvalue weighted by Crippen LogP contribution is 2.14. The van der Waals surface area contributed by atoms with E-state index >= 15 is 0 Å². The summed E-state index contributed by atoms with van der Waals surface area (Å²) in [5, 5.41) is 0. The second-order valence-electron chi connectivity index (χ2n) is 5.96. The molecule has 2 aromatic rings. The summed E-state index contributed by atoms with van der Waals surface area (Å²) in [5.74, 6) is 1.91. The average molecular weight is 300 g/mol. The summed E-state index contributed by atoms with van der Waals surface area (Å²) in [7, 11) is 0. The molecule has 0 aromatic heterocycles. The van der Waals surface area contributed by atoms with Gasteiger partial charge in [0.05, 0.1) is 12.2 Å². The molecule has 0 saturated heterocycles. The van der Waals surface area contributed by atoms with Crippen molar-refractivity contribution < 1.29 is 9.47 Å². The zero-order valence-electron chi connectivity index (χ0n) is 14.6. The van der Waals surface area contributed by atoms with Crippen molar-refractivity contribution in [2.24, 2.45) is 0 Å². The van der Waals surface area contributed by atoms with Crippen molar-refractivity contribution in [2.75, 3.05) is 0 Å². The predicted molar refractivity (Wildman–Crippen MR) is 93.9 cm³/mol. The Balaban J connectivity index is 0.000000220. The van der Waals surface area contributed by atoms with Gasteiger partial charge in [-0.1, -0.05) is 29.8 Å². The molecule has 0 aliphatic heterocycles. The Morgan fingerprint density at radius 2 is 1.18 bits per heavy atom. The van der Waals surface area contributed by atoms with E-state index in [4.69, 9.17) is 9.47 Å². The molecule has 0 amide bonds. The number of ether oxygens (including phenoxy) is 2. The van der Waals surface area contributed by atoms with Crippen LogP contribution >= 0.6 is 0 Å². The van der Waals surface area contributed by atoms with E-state index in [1.807, 2.05) is 58.0 Å². The highest BCUT2D eigenvalue weighted by atomic mass is 16.5. The standard InChI is InChI=1S/2C10H14O/c1-8(2)11-10-6-4-9(3)5-7-10;1-8(2)11-10-6-4-5-9(3)7-10/h2*4-8H,1-3H3. The second-order valence-corrected chi connectivity index (χ2v) is 5.96. The first kappa shape index (κ1) is 18.1. The highest BCUT2D eigenvalue weighted by Gasteiger charge is 1.96. The van der Waals surface area contributed by atoms with Gasteiger partial charge >= 0.3 is 0 Å². The maximum absolute atomic E-state index is 5.50. The van der Waals surface area contributed by atoms with E-state index in [-0.39, 0.29) is 12.2 Å². The molecular weight excluding hydrogens is 272 g/mol. The van der Waals surface area contributed by atoms with Crippen LogP contribution in [-0.2, 0) is 0 Å². The van der Waals surface area contributed by atoms with Crippen molar-refractivity contribution in [2.45, 2.75) is 53.8 Å². The topological polar surface area (TPSA) is 18.5 Å². The summed E-state index contributed by atoms with van der Waals surface area (Å²) in [6, 6.07) is 16.2. The number of hydrogen-bond acceptors (Lipinski definition) is 2. The van der Waals surface area contributed by atoms with Crippen LogP contribution in [0.2, 0.25) is 0 Å². The van der Waals surface area contributed by atoms with Crippen LogP contribution in [0.4, 0.5) is 0 Å². The molecule has 0 fully saturated rings. The minimum absolute atomic E-state index is 0.261. The summed E-state index contributed by atoms with van der Waals surface area (Å²) in [6.45, 7) is 12.2. The fourth-order valence-electron chi connectivity index (χ4n) is 1.85. The van der Waals surface area contributed by atoms with Crippen LogP contribution < -0.4 is 9.47 Å². The van der Waals surface area contributed by atoms with Crippen molar-refractivity contribution in [3.63, 3.8) is 0 Å². The summed E-state index contributed by atoms with van der Waals surface area (Å²) < 4.78 is 11.0. The van der Waals surface area contributed by atoms with E-state index in [9.17, 15) is 0 Å². The first-order valence-corrected chi connectivity index (χ1v) is 7.83. The summed E-state index contributed by atoms with van der Waals surface area (Å²) in [4.78, 5) is 0. The molecule has 0 aliphatic rings. The third kappa shape index (κ3) is 7.72. The number of benzene rings is 2. The van der Waals surface area contributed by atoms with Crippen molar-refractivity contribution in [1.29, 1.82) is 0 Å². The van der Waals surface area contributed by atoms with E-state index in [1.165, 1.54) is 11.1 Å². The molecule has 0 N–H and O–H groups in total. The zero-order chi connectivity index (χ0) is 16.5. The van der Waals surface area contributed by atoms with Crippen molar-refractivity contribution in [3.8, 4) is 11.5 Å². The van der Waals surface area contributed by atoms with Gasteiger partial charge in [0, 0.05) is 0 Å². The smallest absolute Gasteiger partial charge is 0.119 e. The maximum atomic E-state index is 5.50. The molecule has 22 heavy (non-hydrogen) atoms. The van der Waals surface area contributed by atoms with Crippen LogP contribution in [0.3, 0.4) is 0 Å². The third-order valence-electron chi connectivity index (χ3n) is 2.75. The SMILES string of the molecule is Cc1ccc(OC(C)C)cc1.Cc1cccc(OC(C)C)c1. The molecule has 2 nitrogen and oxygen atoms in total. The summed E-state index contributed by atoms with van der Waals surface area (Å²) in [6.07, 6.45) is 0.523. The lowest BCUT2D eigenvalue weighted by atomic mass is 10.2. The minimum Gasteiger partial charge on any atom is -0.491 e. The van der Waals surface area contributed by atoms with Gasteiger partial charge in [-0.05, 0) is 71.4 Å². The Bertz CT molecular complexity index is 542. The third-order valence-corrected chi connectivity index (χ3v) is 2.75. The van der Waals surface area contributed by atoms with Gasteiger partial charge in [-0.25, -0.2) is 0 Å². The molecule has 0 spiro atoms. The quantitative estimate of drug-likeness (QED) is 0.735. The normalized spacial score (nSPS) is 10.2. The minimum atomic E-state index is 0.261. The van der Waals surface area contributed by atoms with Crippen molar-refractivity contribution in [3.05, 3.63) is 59.7 Å².